The molecule has 6 heteroatoms. The number of hydrogen-bond donors (Lipinski definition) is 0. The first kappa shape index (κ1) is 22.8. The van der Waals surface area contributed by atoms with Gasteiger partial charge in [-0.3, -0.25) is 0 Å². The van der Waals surface area contributed by atoms with Gasteiger partial charge in [-0.25, -0.2) is 19.1 Å². The van der Waals surface area contributed by atoms with Gasteiger partial charge in [0.05, 0.1) is 17.6 Å². The summed E-state index contributed by atoms with van der Waals surface area (Å²) >= 11 is 0. The van der Waals surface area contributed by atoms with Crippen LogP contribution >= 0.6 is 0 Å². The smallest absolute Gasteiger partial charge is 0.419 e. The molecule has 0 fully saturated rings. The lowest BCUT2D eigenvalue weighted by molar-refractivity contribution is 0.0521. The Morgan fingerprint density at radius 2 is 1.71 bits per heavy atom. The van der Waals surface area contributed by atoms with Gasteiger partial charge in [0.15, 0.2) is 5.69 Å². The van der Waals surface area contributed by atoms with E-state index in [1.165, 1.54) is 4.57 Å². The number of nitrogens with zero attached hydrogens (tertiary/aromatic N) is 2. The van der Waals surface area contributed by atoms with Gasteiger partial charge in [-0.2, -0.15) is 0 Å². The van der Waals surface area contributed by atoms with Crippen LogP contribution < -0.4 is 0 Å². The Hall–Kier alpha value is -2.89. The van der Waals surface area contributed by atoms with E-state index in [1.54, 1.807) is 6.92 Å². The molecule has 2 aromatic heterocycles. The van der Waals surface area contributed by atoms with Crippen LogP contribution in [0.3, 0.4) is 0 Å². The number of para-hydroxylation sites is 1. The maximum atomic E-state index is 13.3. The molecule has 0 aliphatic heterocycles. The molecule has 3 rings (SSSR count). The van der Waals surface area contributed by atoms with Crippen LogP contribution in [0.15, 0.2) is 24.3 Å². The molecule has 0 atom stereocenters. The number of benzene rings is 1. The SMILES string of the molecule is CCCc1nc(C(=O)OCC)c2c(c1CCC)c1ccccc1n2C(=O)OC(C)(C)C. The number of hydrogen-bond acceptors (Lipinski definition) is 5. The molecular weight excluding hydrogens is 392 g/mol. The van der Waals surface area contributed by atoms with Crippen LogP contribution in [0.4, 0.5) is 4.79 Å². The van der Waals surface area contributed by atoms with Crippen LogP contribution in [-0.4, -0.2) is 33.8 Å². The van der Waals surface area contributed by atoms with Crippen molar-refractivity contribution in [3.8, 4) is 0 Å². The highest BCUT2D eigenvalue weighted by atomic mass is 16.6. The second kappa shape index (κ2) is 9.08. The molecule has 0 unspecified atom stereocenters. The molecule has 0 radical (unpaired) electrons. The minimum absolute atomic E-state index is 0.169. The first-order valence-corrected chi connectivity index (χ1v) is 11.1. The predicted octanol–water partition coefficient (Wildman–Crippen LogP) is 6.05. The third kappa shape index (κ3) is 4.43. The zero-order valence-electron chi connectivity index (χ0n) is 19.4. The molecule has 0 saturated heterocycles. The summed E-state index contributed by atoms with van der Waals surface area (Å²) in [7, 11) is 0. The van der Waals surface area contributed by atoms with E-state index in [4.69, 9.17) is 14.5 Å². The van der Waals surface area contributed by atoms with Gasteiger partial charge < -0.3 is 9.47 Å². The fourth-order valence-electron chi connectivity index (χ4n) is 3.97. The Morgan fingerprint density at radius 3 is 2.32 bits per heavy atom. The van der Waals surface area contributed by atoms with Gasteiger partial charge in [0.1, 0.15) is 5.60 Å². The van der Waals surface area contributed by atoms with E-state index in [1.807, 2.05) is 45.0 Å². The van der Waals surface area contributed by atoms with Crippen LogP contribution in [0.25, 0.3) is 21.8 Å². The molecule has 0 aliphatic carbocycles. The average molecular weight is 425 g/mol. The Morgan fingerprint density at radius 1 is 1.03 bits per heavy atom. The summed E-state index contributed by atoms with van der Waals surface area (Å²) < 4.78 is 12.5. The van der Waals surface area contributed by atoms with E-state index in [-0.39, 0.29) is 12.3 Å². The van der Waals surface area contributed by atoms with E-state index >= 15 is 0 Å². The van der Waals surface area contributed by atoms with Gasteiger partial charge in [0.25, 0.3) is 0 Å². The van der Waals surface area contributed by atoms with Crippen molar-refractivity contribution in [3.05, 3.63) is 41.2 Å². The molecule has 0 saturated carbocycles. The zero-order chi connectivity index (χ0) is 22.8. The Kier molecular flexibility index (Phi) is 6.68. The van der Waals surface area contributed by atoms with E-state index < -0.39 is 17.7 Å². The van der Waals surface area contributed by atoms with Crippen molar-refractivity contribution >= 4 is 33.9 Å². The molecule has 0 aliphatic rings. The summed E-state index contributed by atoms with van der Waals surface area (Å²) in [4.78, 5) is 31.1. The number of rotatable bonds is 6. The lowest BCUT2D eigenvalue weighted by Gasteiger charge is -2.21. The fraction of sp³-hybridized carbons (Fsp3) is 0.480. The first-order chi connectivity index (χ1) is 14.7. The minimum Gasteiger partial charge on any atom is -0.461 e. The zero-order valence-corrected chi connectivity index (χ0v) is 19.4. The quantitative estimate of drug-likeness (QED) is 0.450. The summed E-state index contributed by atoms with van der Waals surface area (Å²) in [5.41, 5.74) is 2.64. The van der Waals surface area contributed by atoms with Gasteiger partial charge in [0.2, 0.25) is 0 Å². The molecule has 31 heavy (non-hydrogen) atoms. The largest absolute Gasteiger partial charge is 0.461 e. The molecular formula is C25H32N2O4. The third-order valence-corrected chi connectivity index (χ3v) is 5.03. The van der Waals surface area contributed by atoms with Crippen LogP contribution in [0.2, 0.25) is 0 Å². The van der Waals surface area contributed by atoms with Crippen molar-refractivity contribution < 1.29 is 19.1 Å². The lowest BCUT2D eigenvalue weighted by Crippen LogP contribution is -2.27. The van der Waals surface area contributed by atoms with Crippen molar-refractivity contribution in [2.75, 3.05) is 6.61 Å². The number of carbonyl (C=O) groups is 2. The first-order valence-electron chi connectivity index (χ1n) is 11.1. The number of ether oxygens (including phenoxy) is 2. The summed E-state index contributed by atoms with van der Waals surface area (Å²) in [5.74, 6) is -0.527. The van der Waals surface area contributed by atoms with Crippen molar-refractivity contribution in [1.82, 2.24) is 9.55 Å². The van der Waals surface area contributed by atoms with E-state index in [9.17, 15) is 9.59 Å². The molecule has 3 aromatic rings. The Bertz CT molecular complexity index is 1120. The summed E-state index contributed by atoms with van der Waals surface area (Å²) in [5, 5.41) is 1.81. The van der Waals surface area contributed by atoms with Gasteiger partial charge in [-0.1, -0.05) is 44.9 Å². The number of fused-ring (bicyclic) bond motifs is 3. The lowest BCUT2D eigenvalue weighted by atomic mass is 9.98. The molecule has 0 amide bonds. The van der Waals surface area contributed by atoms with Crippen LogP contribution in [0.5, 0.6) is 0 Å². The topological polar surface area (TPSA) is 70.4 Å². The van der Waals surface area contributed by atoms with Crippen molar-refractivity contribution in [2.24, 2.45) is 0 Å². The Balaban J connectivity index is 2.50. The predicted molar refractivity (Wildman–Crippen MR) is 123 cm³/mol. The molecule has 0 bridgehead atoms. The number of aryl methyl sites for hydroxylation is 2. The van der Waals surface area contributed by atoms with E-state index in [2.05, 4.69) is 13.8 Å². The normalized spacial score (nSPS) is 11.8. The number of pyridine rings is 1. The maximum absolute atomic E-state index is 13.3. The van der Waals surface area contributed by atoms with E-state index in [0.717, 1.165) is 47.7 Å². The van der Waals surface area contributed by atoms with Crippen molar-refractivity contribution in [1.29, 1.82) is 0 Å². The molecule has 166 valence electrons. The van der Waals surface area contributed by atoms with Crippen molar-refractivity contribution in [2.45, 2.75) is 72.8 Å². The molecule has 2 heterocycles. The average Bonchev–Trinajstić information content (AvgIpc) is 3.04. The van der Waals surface area contributed by atoms with Gasteiger partial charge in [-0.15, -0.1) is 0 Å². The molecule has 6 nitrogen and oxygen atoms in total. The van der Waals surface area contributed by atoms with Gasteiger partial charge in [-0.05, 0) is 52.2 Å². The van der Waals surface area contributed by atoms with Crippen LogP contribution in [0.1, 0.15) is 76.1 Å². The summed E-state index contributed by atoms with van der Waals surface area (Å²) in [6, 6.07) is 7.69. The fourth-order valence-corrected chi connectivity index (χ4v) is 3.97. The highest BCUT2D eigenvalue weighted by Crippen LogP contribution is 2.36. The van der Waals surface area contributed by atoms with Crippen LogP contribution in [0, 0.1) is 0 Å². The molecule has 0 spiro atoms. The molecule has 0 N–H and O–H groups in total. The van der Waals surface area contributed by atoms with E-state index in [0.29, 0.717) is 11.0 Å². The van der Waals surface area contributed by atoms with Crippen LogP contribution in [-0.2, 0) is 22.3 Å². The Labute approximate surface area is 183 Å². The number of esters is 1. The monoisotopic (exact) mass is 424 g/mol. The summed E-state index contributed by atoms with van der Waals surface area (Å²) in [6.07, 6.45) is 2.87. The van der Waals surface area contributed by atoms with Crippen molar-refractivity contribution in [3.63, 3.8) is 0 Å². The van der Waals surface area contributed by atoms with Gasteiger partial charge in [0, 0.05) is 16.5 Å². The standard InChI is InChI=1S/C25H32N2O4/c1-7-12-16-18(13-8-2)26-21(23(28)30-9-3)22-20(16)17-14-10-11-15-19(17)27(22)24(29)31-25(4,5)6/h10-11,14-15H,7-9,12-13H2,1-6H3. The minimum atomic E-state index is -0.680. The second-order valence-corrected chi connectivity index (χ2v) is 8.66. The number of carbonyl (C=O) groups excluding carboxylic acids is 2. The maximum Gasteiger partial charge on any atom is 0.419 e. The highest BCUT2D eigenvalue weighted by molar-refractivity contribution is 6.18. The highest BCUT2D eigenvalue weighted by Gasteiger charge is 2.29. The number of aromatic nitrogens is 2. The van der Waals surface area contributed by atoms with Gasteiger partial charge >= 0.3 is 12.1 Å². The molecule has 1 aromatic carbocycles. The second-order valence-electron chi connectivity index (χ2n) is 8.66. The summed E-state index contributed by atoms with van der Waals surface area (Å²) in [6.45, 7) is 11.7. The third-order valence-electron chi connectivity index (χ3n) is 5.03.